The van der Waals surface area contributed by atoms with Gasteiger partial charge in [0.15, 0.2) is 5.78 Å². The molecule has 0 bridgehead atoms. The number of rotatable bonds is 3. The smallest absolute Gasteiger partial charge is 0.194 e. The van der Waals surface area contributed by atoms with E-state index < -0.39 is 11.2 Å². The van der Waals surface area contributed by atoms with Crippen LogP contribution in [0.3, 0.4) is 0 Å². The van der Waals surface area contributed by atoms with Crippen LogP contribution in [0.2, 0.25) is 0 Å². The molecule has 0 spiro atoms. The van der Waals surface area contributed by atoms with Gasteiger partial charge >= 0.3 is 0 Å². The molecule has 0 fully saturated rings. The zero-order valence-electron chi connectivity index (χ0n) is 11.1. The van der Waals surface area contributed by atoms with Gasteiger partial charge in [-0.1, -0.05) is 65.8 Å². The van der Waals surface area contributed by atoms with Gasteiger partial charge in [-0.15, -0.1) is 0 Å². The van der Waals surface area contributed by atoms with Gasteiger partial charge in [0.2, 0.25) is 0 Å². The average Bonchev–Trinajstić information content (AvgIpc) is 2.73. The molecule has 100 valence electrons. The number of hydrogen-bond acceptors (Lipinski definition) is 2. The fourth-order valence-corrected chi connectivity index (χ4v) is 3.32. The fourth-order valence-electron chi connectivity index (χ4n) is 2.61. The van der Waals surface area contributed by atoms with Gasteiger partial charge in [0, 0.05) is 16.7 Å². The molecule has 1 unspecified atom stereocenters. The standard InChI is InChI=1S/C17H14O2S/c1-20(19)11-15-13-9-5-6-10-14(13)17(18)16(15)12-7-3-2-4-8-12/h2-10H,11H2,1H3. The van der Waals surface area contributed by atoms with Crippen LogP contribution in [0.4, 0.5) is 0 Å². The van der Waals surface area contributed by atoms with Crippen molar-refractivity contribution in [1.82, 2.24) is 0 Å². The van der Waals surface area contributed by atoms with Crippen LogP contribution in [0, 0.1) is 0 Å². The van der Waals surface area contributed by atoms with E-state index in [2.05, 4.69) is 0 Å². The molecule has 3 heteroatoms. The van der Waals surface area contributed by atoms with Crippen molar-refractivity contribution in [3.63, 3.8) is 0 Å². The highest BCUT2D eigenvalue weighted by Gasteiger charge is 2.31. The summed E-state index contributed by atoms with van der Waals surface area (Å²) < 4.78 is 11.7. The number of allylic oxidation sites excluding steroid dienone is 1. The molecule has 2 aromatic rings. The van der Waals surface area contributed by atoms with Crippen LogP contribution < -0.4 is 0 Å². The van der Waals surface area contributed by atoms with Crippen molar-refractivity contribution in [2.24, 2.45) is 0 Å². The van der Waals surface area contributed by atoms with E-state index in [-0.39, 0.29) is 5.78 Å². The molecule has 0 saturated heterocycles. The van der Waals surface area contributed by atoms with E-state index in [1.807, 2.05) is 54.6 Å². The molecule has 3 rings (SSSR count). The van der Waals surface area contributed by atoms with Gasteiger partial charge in [-0.3, -0.25) is 4.79 Å². The van der Waals surface area contributed by atoms with Gasteiger partial charge < -0.3 is 4.55 Å². The molecule has 0 aliphatic heterocycles. The summed E-state index contributed by atoms with van der Waals surface area (Å²) in [6.45, 7) is 0. The lowest BCUT2D eigenvalue weighted by Gasteiger charge is -2.09. The van der Waals surface area contributed by atoms with Crippen LogP contribution in [0.1, 0.15) is 21.5 Å². The zero-order chi connectivity index (χ0) is 14.1. The second-order valence-corrected chi connectivity index (χ2v) is 6.25. The lowest BCUT2D eigenvalue weighted by Crippen LogP contribution is -2.06. The SMILES string of the molecule is C[S+]([O-])CC1=C(c2ccccc2)C(=O)c2ccccc21. The predicted octanol–water partition coefficient (Wildman–Crippen LogP) is 3.17. The number of carbonyl (C=O) groups is 1. The Morgan fingerprint density at radius 2 is 1.55 bits per heavy atom. The predicted molar refractivity (Wildman–Crippen MR) is 83.0 cm³/mol. The first-order valence-corrected chi connectivity index (χ1v) is 8.14. The lowest BCUT2D eigenvalue weighted by molar-refractivity contribution is 0.105. The van der Waals surface area contributed by atoms with E-state index in [9.17, 15) is 9.35 Å². The molecule has 0 N–H and O–H groups in total. The third-order valence-corrected chi connectivity index (χ3v) is 4.13. The van der Waals surface area contributed by atoms with Crippen molar-refractivity contribution in [3.8, 4) is 0 Å². The quantitative estimate of drug-likeness (QED) is 0.811. The van der Waals surface area contributed by atoms with Crippen LogP contribution in [-0.4, -0.2) is 22.3 Å². The first-order chi connectivity index (χ1) is 9.68. The molecule has 0 aromatic heterocycles. The normalized spacial score (nSPS) is 15.4. The zero-order valence-corrected chi connectivity index (χ0v) is 11.9. The van der Waals surface area contributed by atoms with Crippen LogP contribution in [-0.2, 0) is 11.2 Å². The molecule has 1 atom stereocenters. The number of fused-ring (bicyclic) bond motifs is 1. The third-order valence-electron chi connectivity index (χ3n) is 3.44. The monoisotopic (exact) mass is 282 g/mol. The van der Waals surface area contributed by atoms with Gasteiger partial charge in [0.25, 0.3) is 0 Å². The summed E-state index contributed by atoms with van der Waals surface area (Å²) >= 11 is -0.982. The lowest BCUT2D eigenvalue weighted by atomic mass is 10.0. The molecule has 0 heterocycles. The molecule has 0 amide bonds. The van der Waals surface area contributed by atoms with E-state index in [1.54, 1.807) is 6.26 Å². The minimum atomic E-state index is -0.982. The highest BCUT2D eigenvalue weighted by Crippen LogP contribution is 2.38. The third kappa shape index (κ3) is 2.19. The highest BCUT2D eigenvalue weighted by atomic mass is 32.2. The van der Waals surface area contributed by atoms with Gasteiger partial charge in [-0.25, -0.2) is 0 Å². The molecule has 20 heavy (non-hydrogen) atoms. The maximum Gasteiger partial charge on any atom is 0.194 e. The maximum atomic E-state index is 12.6. The molecular weight excluding hydrogens is 268 g/mol. The minimum Gasteiger partial charge on any atom is -0.616 e. The number of hydrogen-bond donors (Lipinski definition) is 0. The van der Waals surface area contributed by atoms with Crippen LogP contribution in [0.15, 0.2) is 54.6 Å². The molecular formula is C17H14O2S. The van der Waals surface area contributed by atoms with E-state index in [0.717, 1.165) is 16.7 Å². The fraction of sp³-hybridized carbons (Fsp3) is 0.118. The van der Waals surface area contributed by atoms with Crippen molar-refractivity contribution in [2.75, 3.05) is 12.0 Å². The Morgan fingerprint density at radius 1 is 0.950 bits per heavy atom. The van der Waals surface area contributed by atoms with E-state index in [4.69, 9.17) is 0 Å². The molecule has 2 nitrogen and oxygen atoms in total. The summed E-state index contributed by atoms with van der Waals surface area (Å²) in [5, 5.41) is 0. The summed E-state index contributed by atoms with van der Waals surface area (Å²) in [6.07, 6.45) is 1.67. The summed E-state index contributed by atoms with van der Waals surface area (Å²) in [4.78, 5) is 12.6. The second-order valence-electron chi connectivity index (χ2n) is 4.81. The number of ketones is 1. The van der Waals surface area contributed by atoms with Gasteiger partial charge in [0.05, 0.1) is 6.26 Å². The summed E-state index contributed by atoms with van der Waals surface area (Å²) in [5.74, 6) is 0.444. The van der Waals surface area contributed by atoms with Crippen molar-refractivity contribution in [2.45, 2.75) is 0 Å². The Hall–Kier alpha value is -1.84. The molecule has 0 saturated carbocycles. The average molecular weight is 282 g/mol. The largest absolute Gasteiger partial charge is 0.616 e. The van der Waals surface area contributed by atoms with Crippen LogP contribution >= 0.6 is 0 Å². The maximum absolute atomic E-state index is 12.6. The highest BCUT2D eigenvalue weighted by molar-refractivity contribution is 7.91. The van der Waals surface area contributed by atoms with Crippen LogP contribution in [0.5, 0.6) is 0 Å². The molecule has 1 aliphatic carbocycles. The Kier molecular flexibility index (Phi) is 3.47. The van der Waals surface area contributed by atoms with Crippen molar-refractivity contribution in [1.29, 1.82) is 0 Å². The first-order valence-electron chi connectivity index (χ1n) is 6.41. The van der Waals surface area contributed by atoms with Gasteiger partial charge in [0.1, 0.15) is 5.75 Å². The topological polar surface area (TPSA) is 40.1 Å². The van der Waals surface area contributed by atoms with Crippen molar-refractivity contribution >= 4 is 28.1 Å². The Bertz CT molecular complexity index is 687. The number of carbonyl (C=O) groups excluding carboxylic acids is 1. The number of Topliss-reactive ketones (excluding diaryl/α,β-unsaturated/α-hetero) is 1. The summed E-state index contributed by atoms with van der Waals surface area (Å²) in [7, 11) is 0. The Morgan fingerprint density at radius 3 is 2.20 bits per heavy atom. The van der Waals surface area contributed by atoms with E-state index in [1.165, 1.54) is 0 Å². The Labute approximate surface area is 121 Å². The van der Waals surface area contributed by atoms with E-state index >= 15 is 0 Å². The second kappa shape index (κ2) is 5.27. The van der Waals surface area contributed by atoms with Crippen LogP contribution in [0.25, 0.3) is 11.1 Å². The minimum absolute atomic E-state index is 0.0345. The number of benzene rings is 2. The van der Waals surface area contributed by atoms with Gasteiger partial charge in [-0.05, 0) is 11.1 Å². The molecule has 0 radical (unpaired) electrons. The van der Waals surface area contributed by atoms with Crippen molar-refractivity contribution in [3.05, 3.63) is 71.3 Å². The molecule has 1 aliphatic rings. The van der Waals surface area contributed by atoms with Gasteiger partial charge in [-0.2, -0.15) is 0 Å². The summed E-state index contributed by atoms with van der Waals surface area (Å²) in [6, 6.07) is 17.2. The van der Waals surface area contributed by atoms with Crippen molar-refractivity contribution < 1.29 is 9.35 Å². The van der Waals surface area contributed by atoms with E-state index in [0.29, 0.717) is 16.9 Å². The Balaban J connectivity index is 2.20. The molecule has 2 aromatic carbocycles. The first kappa shape index (κ1) is 13.2. The summed E-state index contributed by atoms with van der Waals surface area (Å²) in [5.41, 5.74) is 4.13.